The molecule has 2 aromatic heterocycles. The van der Waals surface area contributed by atoms with E-state index in [4.69, 9.17) is 14.0 Å². The van der Waals surface area contributed by atoms with Crippen molar-refractivity contribution in [3.63, 3.8) is 0 Å². The number of nitrogens with one attached hydrogen (secondary N) is 1. The fourth-order valence-electron chi connectivity index (χ4n) is 4.17. The van der Waals surface area contributed by atoms with Crippen LogP contribution in [-0.2, 0) is 4.79 Å². The summed E-state index contributed by atoms with van der Waals surface area (Å²) >= 11 is 0. The summed E-state index contributed by atoms with van der Waals surface area (Å²) in [5.74, 6) is 1.46. The maximum Gasteiger partial charge on any atom is 0.254 e. The second kappa shape index (κ2) is 9.04. The van der Waals surface area contributed by atoms with Gasteiger partial charge in [-0.3, -0.25) is 4.79 Å². The van der Waals surface area contributed by atoms with E-state index in [0.717, 1.165) is 17.0 Å². The monoisotopic (exact) mass is 440 g/mol. The number of likely N-dealkylation sites (tertiary alicyclic amines) is 1. The highest BCUT2D eigenvalue weighted by Gasteiger charge is 2.42. The molecular formula is C23H28N4O5. The maximum atomic E-state index is 13.6. The Bertz CT molecular complexity index is 1060. The number of aromatic amines is 1. The zero-order valence-electron chi connectivity index (χ0n) is 18.6. The molecule has 0 spiro atoms. The van der Waals surface area contributed by atoms with Gasteiger partial charge < -0.3 is 29.0 Å². The van der Waals surface area contributed by atoms with Gasteiger partial charge in [0.05, 0.1) is 38.3 Å². The van der Waals surface area contributed by atoms with E-state index in [2.05, 4.69) is 15.1 Å². The van der Waals surface area contributed by atoms with Gasteiger partial charge >= 0.3 is 0 Å². The molecule has 1 aliphatic heterocycles. The molecule has 1 aliphatic rings. The molecule has 0 saturated carbocycles. The van der Waals surface area contributed by atoms with Crippen molar-refractivity contribution < 1.29 is 23.9 Å². The van der Waals surface area contributed by atoms with E-state index in [1.807, 2.05) is 38.1 Å². The molecule has 9 heteroatoms. The lowest BCUT2D eigenvalue weighted by Gasteiger charge is -2.28. The van der Waals surface area contributed by atoms with Gasteiger partial charge in [-0.25, -0.2) is 4.98 Å². The first-order chi connectivity index (χ1) is 15.4. The largest absolute Gasteiger partial charge is 0.497 e. The van der Waals surface area contributed by atoms with Gasteiger partial charge in [0.15, 0.2) is 5.76 Å². The van der Waals surface area contributed by atoms with Crippen molar-refractivity contribution >= 4 is 5.91 Å². The Morgan fingerprint density at radius 3 is 2.62 bits per heavy atom. The van der Waals surface area contributed by atoms with Gasteiger partial charge in [-0.1, -0.05) is 13.8 Å². The summed E-state index contributed by atoms with van der Waals surface area (Å²) in [6, 6.07) is 8.91. The lowest BCUT2D eigenvalue weighted by molar-refractivity contribution is -0.135. The molecule has 3 aromatic rings. The van der Waals surface area contributed by atoms with Crippen LogP contribution in [0.15, 0.2) is 41.1 Å². The normalized spacial score (nSPS) is 19.4. The molecule has 3 heterocycles. The predicted molar refractivity (Wildman–Crippen MR) is 116 cm³/mol. The Balaban J connectivity index is 1.60. The van der Waals surface area contributed by atoms with Crippen molar-refractivity contribution in [2.75, 3.05) is 20.8 Å². The molecule has 1 amide bonds. The number of carbonyl (C=O) groups excluding carboxylic acids is 1. The Morgan fingerprint density at radius 2 is 2.00 bits per heavy atom. The first kappa shape index (κ1) is 21.9. The molecule has 0 radical (unpaired) electrons. The molecule has 3 atom stereocenters. The first-order valence-electron chi connectivity index (χ1n) is 10.6. The number of amides is 1. The molecule has 9 nitrogen and oxygen atoms in total. The third kappa shape index (κ3) is 4.20. The van der Waals surface area contributed by atoms with Gasteiger partial charge in [0.2, 0.25) is 5.91 Å². The fraction of sp³-hybridized carbons (Fsp3) is 0.435. The van der Waals surface area contributed by atoms with E-state index >= 15 is 0 Å². The summed E-state index contributed by atoms with van der Waals surface area (Å²) < 4.78 is 15.7. The van der Waals surface area contributed by atoms with Crippen LogP contribution in [0.5, 0.6) is 11.6 Å². The van der Waals surface area contributed by atoms with Crippen molar-refractivity contribution in [3.8, 4) is 22.9 Å². The molecule has 4 rings (SSSR count). The van der Waals surface area contributed by atoms with E-state index < -0.39 is 12.0 Å². The minimum atomic E-state index is -0.629. The average molecular weight is 441 g/mol. The van der Waals surface area contributed by atoms with Gasteiger partial charge in [0, 0.05) is 19.0 Å². The summed E-state index contributed by atoms with van der Waals surface area (Å²) in [7, 11) is 3.12. The number of H-pyrrole nitrogens is 1. The maximum absolute atomic E-state index is 13.6. The molecule has 32 heavy (non-hydrogen) atoms. The zero-order valence-corrected chi connectivity index (χ0v) is 18.6. The number of methoxy groups -OCH3 is 2. The Labute approximate surface area is 186 Å². The van der Waals surface area contributed by atoms with Gasteiger partial charge in [-0.05, 0) is 40.9 Å². The van der Waals surface area contributed by atoms with Gasteiger partial charge in [0.1, 0.15) is 17.5 Å². The number of nitrogens with zero attached hydrogens (tertiary/aromatic N) is 3. The predicted octanol–water partition coefficient (Wildman–Crippen LogP) is 3.16. The molecule has 170 valence electrons. The van der Waals surface area contributed by atoms with Crippen LogP contribution < -0.4 is 9.47 Å². The molecule has 1 saturated heterocycles. The molecule has 2 N–H and O–H groups in total. The first-order valence-corrected chi connectivity index (χ1v) is 10.6. The van der Waals surface area contributed by atoms with Crippen LogP contribution in [0.1, 0.15) is 43.8 Å². The molecule has 1 unspecified atom stereocenters. The van der Waals surface area contributed by atoms with E-state index in [1.165, 1.54) is 7.11 Å². The lowest BCUT2D eigenvalue weighted by Crippen LogP contribution is -2.37. The summed E-state index contributed by atoms with van der Waals surface area (Å²) in [4.78, 5) is 23.1. The van der Waals surface area contributed by atoms with E-state index in [-0.39, 0.29) is 24.4 Å². The molecule has 1 aromatic carbocycles. The summed E-state index contributed by atoms with van der Waals surface area (Å²) in [5, 5.41) is 14.2. The molecule has 0 bridgehead atoms. The minimum Gasteiger partial charge on any atom is -0.497 e. The standard InChI is InChI=1S/C23H28N4O5/c1-13(2)21(19-10-20(31-4)26-32-19)23(29)27-12-15(28)9-18(27)22-24-11-17(25-22)14-5-7-16(30-3)8-6-14/h5-8,10-11,13,15,18,21,28H,9,12H2,1-4H3,(H,24,25)/t15-,18+,21?/m1/s1. The number of benzene rings is 1. The average Bonchev–Trinajstić information content (AvgIpc) is 3.53. The second-order valence-electron chi connectivity index (χ2n) is 8.30. The number of carbonyl (C=O) groups is 1. The number of hydrogen-bond acceptors (Lipinski definition) is 7. The van der Waals surface area contributed by atoms with Crippen LogP contribution in [0.25, 0.3) is 11.3 Å². The molecule has 0 aliphatic carbocycles. The molecular weight excluding hydrogens is 412 g/mol. The zero-order chi connectivity index (χ0) is 22.8. The van der Waals surface area contributed by atoms with Crippen molar-refractivity contribution in [1.82, 2.24) is 20.0 Å². The Hall–Kier alpha value is -3.33. The van der Waals surface area contributed by atoms with Crippen LogP contribution in [0.2, 0.25) is 0 Å². The van der Waals surface area contributed by atoms with Gasteiger partial charge in [-0.2, -0.15) is 0 Å². The summed E-state index contributed by atoms with van der Waals surface area (Å²) in [6.45, 7) is 4.14. The van der Waals surface area contributed by atoms with Crippen LogP contribution in [-0.4, -0.2) is 57.9 Å². The third-order valence-corrected chi connectivity index (χ3v) is 5.83. The highest BCUT2D eigenvalue weighted by molar-refractivity contribution is 5.84. The number of β-amino-alcohol motifs (C(OH)–C–C–N with tert-alkyl or cyclic N) is 1. The number of aliphatic hydroxyl groups is 1. The van der Waals surface area contributed by atoms with Gasteiger partial charge in [-0.15, -0.1) is 0 Å². The Morgan fingerprint density at radius 1 is 1.25 bits per heavy atom. The summed E-state index contributed by atoms with van der Waals surface area (Å²) in [6.07, 6.45) is 1.52. The fourth-order valence-corrected chi connectivity index (χ4v) is 4.17. The molecule has 1 fully saturated rings. The number of aromatic nitrogens is 3. The highest BCUT2D eigenvalue weighted by atomic mass is 16.5. The lowest BCUT2D eigenvalue weighted by atomic mass is 9.91. The Kier molecular flexibility index (Phi) is 6.18. The van der Waals surface area contributed by atoms with Crippen LogP contribution in [0, 0.1) is 5.92 Å². The van der Waals surface area contributed by atoms with E-state index in [9.17, 15) is 9.90 Å². The minimum absolute atomic E-state index is 0.0370. The van der Waals surface area contributed by atoms with E-state index in [1.54, 1.807) is 24.3 Å². The highest BCUT2D eigenvalue weighted by Crippen LogP contribution is 2.37. The van der Waals surface area contributed by atoms with Crippen LogP contribution in [0.3, 0.4) is 0 Å². The van der Waals surface area contributed by atoms with Crippen molar-refractivity contribution in [3.05, 3.63) is 48.1 Å². The number of rotatable bonds is 7. The van der Waals surface area contributed by atoms with Crippen LogP contribution in [0.4, 0.5) is 0 Å². The number of imidazole rings is 1. The second-order valence-corrected chi connectivity index (χ2v) is 8.30. The number of aliphatic hydroxyl groups excluding tert-OH is 1. The topological polar surface area (TPSA) is 114 Å². The van der Waals surface area contributed by atoms with Crippen molar-refractivity contribution in [2.24, 2.45) is 5.92 Å². The van der Waals surface area contributed by atoms with E-state index in [0.29, 0.717) is 23.9 Å². The van der Waals surface area contributed by atoms with Crippen molar-refractivity contribution in [1.29, 1.82) is 0 Å². The SMILES string of the molecule is COc1ccc(-c2cnc([C@@H]3C[C@@H](O)CN3C(=O)C(c3cc(OC)no3)C(C)C)[nH]2)cc1. The van der Waals surface area contributed by atoms with Crippen LogP contribution >= 0.6 is 0 Å². The van der Waals surface area contributed by atoms with Crippen molar-refractivity contribution in [2.45, 2.75) is 38.3 Å². The smallest absolute Gasteiger partial charge is 0.254 e. The third-order valence-electron chi connectivity index (χ3n) is 5.83. The number of hydrogen-bond donors (Lipinski definition) is 2. The number of ether oxygens (including phenoxy) is 2. The summed E-state index contributed by atoms with van der Waals surface area (Å²) in [5.41, 5.74) is 1.78. The van der Waals surface area contributed by atoms with Gasteiger partial charge in [0.25, 0.3) is 5.88 Å². The quantitative estimate of drug-likeness (QED) is 0.580.